The number of nitriles is 1. The summed E-state index contributed by atoms with van der Waals surface area (Å²) in [6, 6.07) is 5.71. The van der Waals surface area contributed by atoms with Crippen LogP contribution in [0.1, 0.15) is 18.4 Å². The van der Waals surface area contributed by atoms with Crippen LogP contribution in [0.15, 0.2) is 18.3 Å². The van der Waals surface area contributed by atoms with Gasteiger partial charge in [-0.05, 0) is 25.0 Å². The molecule has 0 spiro atoms. The van der Waals surface area contributed by atoms with Crippen LogP contribution >= 0.6 is 0 Å². The number of pyridine rings is 1. The molecule has 0 aromatic carbocycles. The Morgan fingerprint density at radius 1 is 1.38 bits per heavy atom. The predicted molar refractivity (Wildman–Crippen MR) is 50.4 cm³/mol. The highest BCUT2D eigenvalue weighted by molar-refractivity contribution is 5.45. The van der Waals surface area contributed by atoms with E-state index >= 15 is 0 Å². The summed E-state index contributed by atoms with van der Waals surface area (Å²) in [5.74, 6) is 0.941. The van der Waals surface area contributed by atoms with Crippen LogP contribution in [0.4, 0.5) is 5.82 Å². The van der Waals surface area contributed by atoms with Crippen LogP contribution in [-0.4, -0.2) is 18.1 Å². The molecular weight excluding hydrogens is 162 g/mol. The number of anilines is 1. The number of aromatic nitrogens is 1. The minimum atomic E-state index is 0.692. The van der Waals surface area contributed by atoms with Crippen LogP contribution in [-0.2, 0) is 0 Å². The van der Waals surface area contributed by atoms with Crippen molar-refractivity contribution in [3.05, 3.63) is 23.9 Å². The minimum Gasteiger partial charge on any atom is -0.357 e. The fourth-order valence-corrected chi connectivity index (χ4v) is 1.61. The van der Waals surface area contributed by atoms with E-state index in [0.717, 1.165) is 18.9 Å². The van der Waals surface area contributed by atoms with Gasteiger partial charge in [0.25, 0.3) is 0 Å². The minimum absolute atomic E-state index is 0.692. The molecule has 0 N–H and O–H groups in total. The van der Waals surface area contributed by atoms with Crippen LogP contribution in [0.25, 0.3) is 0 Å². The SMILES string of the molecule is N#Cc1ccnc(N2CCCC2)c1. The molecule has 0 aliphatic carbocycles. The first-order valence-electron chi connectivity index (χ1n) is 4.51. The molecule has 2 heterocycles. The normalized spacial score (nSPS) is 15.8. The van der Waals surface area contributed by atoms with Gasteiger partial charge in [0, 0.05) is 19.3 Å². The van der Waals surface area contributed by atoms with E-state index in [-0.39, 0.29) is 0 Å². The van der Waals surface area contributed by atoms with Crippen LogP contribution in [0, 0.1) is 11.3 Å². The maximum atomic E-state index is 8.71. The highest BCUT2D eigenvalue weighted by atomic mass is 15.2. The van der Waals surface area contributed by atoms with Crippen molar-refractivity contribution >= 4 is 5.82 Å². The first-order valence-corrected chi connectivity index (χ1v) is 4.51. The Morgan fingerprint density at radius 2 is 2.15 bits per heavy atom. The summed E-state index contributed by atoms with van der Waals surface area (Å²) < 4.78 is 0. The number of nitrogens with zero attached hydrogens (tertiary/aromatic N) is 3. The highest BCUT2D eigenvalue weighted by Gasteiger charge is 2.13. The summed E-state index contributed by atoms with van der Waals surface area (Å²) in [7, 11) is 0. The fraction of sp³-hybridized carbons (Fsp3) is 0.400. The summed E-state index contributed by atoms with van der Waals surface area (Å²) in [6.07, 6.45) is 4.17. The molecule has 0 saturated carbocycles. The average molecular weight is 173 g/mol. The molecule has 1 aliphatic heterocycles. The van der Waals surface area contributed by atoms with Crippen molar-refractivity contribution in [1.82, 2.24) is 4.98 Å². The second-order valence-electron chi connectivity index (χ2n) is 3.21. The Bertz CT molecular complexity index is 334. The molecule has 1 aromatic rings. The molecule has 66 valence electrons. The predicted octanol–water partition coefficient (Wildman–Crippen LogP) is 1.55. The molecule has 1 aromatic heterocycles. The summed E-state index contributed by atoms with van der Waals surface area (Å²) >= 11 is 0. The van der Waals surface area contributed by atoms with Crippen LogP contribution in [0.3, 0.4) is 0 Å². The standard InChI is InChI=1S/C10H11N3/c11-8-9-3-4-12-10(7-9)13-5-1-2-6-13/h3-4,7H,1-2,5-6H2. The zero-order valence-electron chi connectivity index (χ0n) is 7.40. The first-order chi connectivity index (χ1) is 6.40. The van der Waals surface area contributed by atoms with E-state index in [4.69, 9.17) is 5.26 Å². The average Bonchev–Trinajstić information content (AvgIpc) is 2.71. The lowest BCUT2D eigenvalue weighted by atomic mass is 10.3. The van der Waals surface area contributed by atoms with Gasteiger partial charge in [-0.2, -0.15) is 5.26 Å². The summed E-state index contributed by atoms with van der Waals surface area (Å²) in [5.41, 5.74) is 0.692. The smallest absolute Gasteiger partial charge is 0.129 e. The fourth-order valence-electron chi connectivity index (χ4n) is 1.61. The molecule has 2 rings (SSSR count). The molecule has 0 atom stereocenters. The molecule has 13 heavy (non-hydrogen) atoms. The van der Waals surface area contributed by atoms with Crippen LogP contribution in [0.5, 0.6) is 0 Å². The van der Waals surface area contributed by atoms with Gasteiger partial charge in [-0.25, -0.2) is 4.98 Å². The van der Waals surface area contributed by atoms with Gasteiger partial charge in [0.2, 0.25) is 0 Å². The second kappa shape index (κ2) is 3.44. The van der Waals surface area contributed by atoms with E-state index in [1.165, 1.54) is 12.8 Å². The van der Waals surface area contributed by atoms with Crippen molar-refractivity contribution in [3.8, 4) is 6.07 Å². The van der Waals surface area contributed by atoms with E-state index in [1.807, 2.05) is 6.07 Å². The maximum Gasteiger partial charge on any atom is 0.129 e. The van der Waals surface area contributed by atoms with Gasteiger partial charge in [0.05, 0.1) is 11.6 Å². The molecule has 0 unspecified atom stereocenters. The van der Waals surface area contributed by atoms with E-state index in [2.05, 4.69) is 16.0 Å². The topological polar surface area (TPSA) is 39.9 Å². The molecule has 0 radical (unpaired) electrons. The van der Waals surface area contributed by atoms with Gasteiger partial charge in [0.15, 0.2) is 0 Å². The molecule has 3 heteroatoms. The highest BCUT2D eigenvalue weighted by Crippen LogP contribution is 2.17. The Labute approximate surface area is 77.6 Å². The van der Waals surface area contributed by atoms with E-state index in [9.17, 15) is 0 Å². The maximum absolute atomic E-state index is 8.71. The Morgan fingerprint density at radius 3 is 2.85 bits per heavy atom. The lowest BCUT2D eigenvalue weighted by Gasteiger charge is -2.15. The lowest BCUT2D eigenvalue weighted by molar-refractivity contribution is 0.937. The van der Waals surface area contributed by atoms with Crippen molar-refractivity contribution in [1.29, 1.82) is 5.26 Å². The van der Waals surface area contributed by atoms with Gasteiger partial charge in [-0.1, -0.05) is 0 Å². The monoisotopic (exact) mass is 173 g/mol. The second-order valence-corrected chi connectivity index (χ2v) is 3.21. The Kier molecular flexibility index (Phi) is 2.13. The Balaban J connectivity index is 2.25. The number of hydrogen-bond acceptors (Lipinski definition) is 3. The first kappa shape index (κ1) is 8.06. The van der Waals surface area contributed by atoms with Crippen molar-refractivity contribution in [2.45, 2.75) is 12.8 Å². The van der Waals surface area contributed by atoms with Gasteiger partial charge in [-0.15, -0.1) is 0 Å². The molecule has 3 nitrogen and oxygen atoms in total. The quantitative estimate of drug-likeness (QED) is 0.647. The third kappa shape index (κ3) is 1.62. The largest absolute Gasteiger partial charge is 0.357 e. The third-order valence-electron chi connectivity index (χ3n) is 2.30. The Hall–Kier alpha value is -1.56. The van der Waals surface area contributed by atoms with Crippen molar-refractivity contribution in [2.75, 3.05) is 18.0 Å². The van der Waals surface area contributed by atoms with Crippen LogP contribution < -0.4 is 4.90 Å². The number of rotatable bonds is 1. The number of hydrogen-bond donors (Lipinski definition) is 0. The van der Waals surface area contributed by atoms with Gasteiger partial charge in [-0.3, -0.25) is 0 Å². The lowest BCUT2D eigenvalue weighted by Crippen LogP contribution is -2.18. The third-order valence-corrected chi connectivity index (χ3v) is 2.30. The molecular formula is C10H11N3. The molecule has 1 fully saturated rings. The van der Waals surface area contributed by atoms with Gasteiger partial charge < -0.3 is 4.90 Å². The van der Waals surface area contributed by atoms with Crippen molar-refractivity contribution in [2.24, 2.45) is 0 Å². The van der Waals surface area contributed by atoms with Crippen molar-refractivity contribution in [3.63, 3.8) is 0 Å². The zero-order chi connectivity index (χ0) is 9.10. The van der Waals surface area contributed by atoms with Gasteiger partial charge >= 0.3 is 0 Å². The van der Waals surface area contributed by atoms with E-state index < -0.39 is 0 Å². The van der Waals surface area contributed by atoms with E-state index in [1.54, 1.807) is 12.3 Å². The van der Waals surface area contributed by atoms with Crippen LogP contribution in [0.2, 0.25) is 0 Å². The summed E-state index contributed by atoms with van der Waals surface area (Å²) in [6.45, 7) is 2.14. The molecule has 1 aliphatic rings. The van der Waals surface area contributed by atoms with E-state index in [0.29, 0.717) is 5.56 Å². The van der Waals surface area contributed by atoms with Gasteiger partial charge in [0.1, 0.15) is 5.82 Å². The summed E-state index contributed by atoms with van der Waals surface area (Å²) in [4.78, 5) is 6.47. The molecule has 0 bridgehead atoms. The molecule has 0 amide bonds. The van der Waals surface area contributed by atoms with Crippen molar-refractivity contribution < 1.29 is 0 Å². The summed E-state index contributed by atoms with van der Waals surface area (Å²) in [5, 5.41) is 8.71. The molecule has 1 saturated heterocycles. The zero-order valence-corrected chi connectivity index (χ0v) is 7.40.